The van der Waals surface area contributed by atoms with Crippen LogP contribution in [-0.4, -0.2) is 30.4 Å². The molecule has 1 saturated heterocycles. The van der Waals surface area contributed by atoms with Gasteiger partial charge in [-0.15, -0.1) is 0 Å². The molecule has 1 heterocycles. The molecule has 2 unspecified atom stereocenters. The van der Waals surface area contributed by atoms with Crippen LogP contribution in [0.25, 0.3) is 0 Å². The van der Waals surface area contributed by atoms with Crippen molar-refractivity contribution in [2.45, 2.75) is 46.1 Å². The van der Waals surface area contributed by atoms with Crippen LogP contribution in [0.1, 0.15) is 50.4 Å². The third kappa shape index (κ3) is 2.54. The fourth-order valence-corrected chi connectivity index (χ4v) is 4.74. The Hall–Kier alpha value is -1.51. The summed E-state index contributed by atoms with van der Waals surface area (Å²) in [5, 5.41) is 3.14. The van der Waals surface area contributed by atoms with E-state index in [9.17, 15) is 4.79 Å². The van der Waals surface area contributed by atoms with E-state index in [2.05, 4.69) is 31.0 Å². The lowest BCUT2D eigenvalue weighted by atomic mass is 9.65. The summed E-state index contributed by atoms with van der Waals surface area (Å²) in [4.78, 5) is 15.1. The molecule has 1 aromatic rings. The molecule has 1 N–H and O–H groups in total. The summed E-state index contributed by atoms with van der Waals surface area (Å²) in [5.74, 6) is 0.186. The van der Waals surface area contributed by atoms with Gasteiger partial charge in [-0.25, -0.2) is 0 Å². The molecule has 1 saturated carbocycles. The molecule has 1 amide bonds. The van der Waals surface area contributed by atoms with Crippen LogP contribution in [0.2, 0.25) is 0 Å². The number of likely N-dealkylation sites (tertiary alicyclic amines) is 1. The number of rotatable bonds is 2. The second-order valence-corrected chi connectivity index (χ2v) is 7.94. The maximum Gasteiger partial charge on any atom is 0.256 e. The number of para-hydroxylation sites is 1. The molecule has 2 bridgehead atoms. The molecule has 21 heavy (non-hydrogen) atoms. The minimum atomic E-state index is 0.186. The van der Waals surface area contributed by atoms with Crippen LogP contribution in [0.15, 0.2) is 24.3 Å². The predicted molar refractivity (Wildman–Crippen MR) is 86.6 cm³/mol. The molecule has 3 nitrogen and oxygen atoms in total. The summed E-state index contributed by atoms with van der Waals surface area (Å²) in [7, 11) is 1.87. The van der Waals surface area contributed by atoms with Crippen LogP contribution in [0.3, 0.4) is 0 Å². The molecule has 0 spiro atoms. The molecule has 2 atom stereocenters. The van der Waals surface area contributed by atoms with Crippen molar-refractivity contribution in [2.75, 3.05) is 18.9 Å². The molecule has 2 aliphatic rings. The molecule has 0 radical (unpaired) electrons. The zero-order valence-electron chi connectivity index (χ0n) is 13.6. The van der Waals surface area contributed by atoms with Crippen LogP contribution in [0.4, 0.5) is 5.69 Å². The highest BCUT2D eigenvalue weighted by Crippen LogP contribution is 2.52. The van der Waals surface area contributed by atoms with Crippen LogP contribution in [0.5, 0.6) is 0 Å². The van der Waals surface area contributed by atoms with E-state index < -0.39 is 0 Å². The molecular formula is C18H26N2O. The molecule has 1 aliphatic heterocycles. The molecule has 3 heteroatoms. The first kappa shape index (κ1) is 14.4. The summed E-state index contributed by atoms with van der Waals surface area (Å²) in [6.07, 6.45) is 3.49. The molecule has 3 rings (SSSR count). The number of nitrogens with one attached hydrogen (secondary N) is 1. The zero-order chi connectivity index (χ0) is 15.3. The van der Waals surface area contributed by atoms with Crippen molar-refractivity contribution < 1.29 is 4.79 Å². The van der Waals surface area contributed by atoms with Gasteiger partial charge in [-0.05, 0) is 42.2 Å². The quantitative estimate of drug-likeness (QED) is 0.897. The van der Waals surface area contributed by atoms with Crippen molar-refractivity contribution in [2.24, 2.45) is 10.8 Å². The fourth-order valence-electron chi connectivity index (χ4n) is 4.74. The fraction of sp³-hybridized carbons (Fsp3) is 0.611. The molecule has 0 aromatic heterocycles. The normalized spacial score (nSPS) is 30.3. The summed E-state index contributed by atoms with van der Waals surface area (Å²) < 4.78 is 0. The van der Waals surface area contributed by atoms with Gasteiger partial charge in [-0.1, -0.05) is 32.9 Å². The summed E-state index contributed by atoms with van der Waals surface area (Å²) in [5.41, 5.74) is 2.36. The van der Waals surface area contributed by atoms with Gasteiger partial charge in [-0.3, -0.25) is 4.79 Å². The van der Waals surface area contributed by atoms with Gasteiger partial charge in [0.05, 0.1) is 5.56 Å². The Kier molecular flexibility index (Phi) is 3.27. The number of fused-ring (bicyclic) bond motifs is 2. The second-order valence-electron chi connectivity index (χ2n) is 7.94. The lowest BCUT2D eigenvalue weighted by Crippen LogP contribution is -2.37. The van der Waals surface area contributed by atoms with E-state index in [4.69, 9.17) is 0 Å². The van der Waals surface area contributed by atoms with E-state index in [1.807, 2.05) is 31.3 Å². The minimum Gasteiger partial charge on any atom is -0.387 e. The topological polar surface area (TPSA) is 32.3 Å². The van der Waals surface area contributed by atoms with Crippen molar-refractivity contribution in [3.05, 3.63) is 29.8 Å². The average molecular weight is 286 g/mol. The van der Waals surface area contributed by atoms with Gasteiger partial charge < -0.3 is 10.2 Å². The van der Waals surface area contributed by atoms with E-state index in [1.165, 1.54) is 6.42 Å². The summed E-state index contributed by atoms with van der Waals surface area (Å²) in [6.45, 7) is 7.93. The largest absolute Gasteiger partial charge is 0.387 e. The SMILES string of the molecule is CNc1ccccc1C(=O)N1CC2(C)CC1CC(C)(C)C2. The van der Waals surface area contributed by atoms with Gasteiger partial charge in [0.2, 0.25) is 0 Å². The van der Waals surface area contributed by atoms with E-state index in [0.29, 0.717) is 11.5 Å². The van der Waals surface area contributed by atoms with Crippen molar-refractivity contribution in [3.8, 4) is 0 Å². The van der Waals surface area contributed by atoms with Crippen LogP contribution < -0.4 is 5.32 Å². The lowest BCUT2D eigenvalue weighted by molar-refractivity contribution is 0.0709. The Labute approximate surface area is 127 Å². The number of hydrogen-bond donors (Lipinski definition) is 1. The van der Waals surface area contributed by atoms with E-state index in [1.54, 1.807) is 0 Å². The number of hydrogen-bond acceptors (Lipinski definition) is 2. The number of nitrogens with zero attached hydrogens (tertiary/aromatic N) is 1. The van der Waals surface area contributed by atoms with Crippen LogP contribution in [-0.2, 0) is 0 Å². The number of carbonyl (C=O) groups excluding carboxylic acids is 1. The van der Waals surface area contributed by atoms with Gasteiger partial charge in [0.15, 0.2) is 0 Å². The second kappa shape index (κ2) is 4.75. The van der Waals surface area contributed by atoms with Gasteiger partial charge in [0.1, 0.15) is 0 Å². The van der Waals surface area contributed by atoms with Crippen LogP contribution in [0, 0.1) is 10.8 Å². The van der Waals surface area contributed by atoms with Crippen molar-refractivity contribution in [1.29, 1.82) is 0 Å². The van der Waals surface area contributed by atoms with E-state index >= 15 is 0 Å². The monoisotopic (exact) mass is 286 g/mol. The van der Waals surface area contributed by atoms with Gasteiger partial charge >= 0.3 is 0 Å². The number of benzene rings is 1. The maximum atomic E-state index is 13.0. The number of anilines is 1. The first-order valence-corrected chi connectivity index (χ1v) is 7.91. The minimum absolute atomic E-state index is 0.186. The maximum absolute atomic E-state index is 13.0. The molecule has 1 aromatic carbocycles. The van der Waals surface area contributed by atoms with Gasteiger partial charge in [-0.2, -0.15) is 0 Å². The standard InChI is InChI=1S/C18H26N2O/c1-17(2)9-13-10-18(3,11-17)12-20(13)16(21)14-7-5-6-8-15(14)19-4/h5-8,13,19H,9-12H2,1-4H3. The first-order valence-electron chi connectivity index (χ1n) is 7.91. The molecule has 1 aliphatic carbocycles. The van der Waals surface area contributed by atoms with Crippen molar-refractivity contribution in [1.82, 2.24) is 4.90 Å². The van der Waals surface area contributed by atoms with Gasteiger partial charge in [0, 0.05) is 25.3 Å². The van der Waals surface area contributed by atoms with Crippen molar-refractivity contribution in [3.63, 3.8) is 0 Å². The predicted octanol–water partition coefficient (Wildman–Crippen LogP) is 3.77. The highest BCUT2D eigenvalue weighted by molar-refractivity contribution is 6.00. The zero-order valence-corrected chi connectivity index (χ0v) is 13.6. The first-order chi connectivity index (χ1) is 9.84. The number of carbonyl (C=O) groups is 1. The summed E-state index contributed by atoms with van der Waals surface area (Å²) in [6, 6.07) is 8.22. The highest BCUT2D eigenvalue weighted by Gasteiger charge is 2.51. The molecule has 114 valence electrons. The summed E-state index contributed by atoms with van der Waals surface area (Å²) >= 11 is 0. The average Bonchev–Trinajstić information content (AvgIpc) is 2.67. The third-order valence-corrected chi connectivity index (χ3v) is 5.10. The Morgan fingerprint density at radius 3 is 2.67 bits per heavy atom. The Morgan fingerprint density at radius 1 is 1.24 bits per heavy atom. The molecule has 2 fully saturated rings. The smallest absolute Gasteiger partial charge is 0.256 e. The highest BCUT2D eigenvalue weighted by atomic mass is 16.2. The van der Waals surface area contributed by atoms with Crippen molar-refractivity contribution >= 4 is 11.6 Å². The molecular weight excluding hydrogens is 260 g/mol. The lowest BCUT2D eigenvalue weighted by Gasteiger charge is -2.39. The Morgan fingerprint density at radius 2 is 1.95 bits per heavy atom. The third-order valence-electron chi connectivity index (χ3n) is 5.10. The van der Waals surface area contributed by atoms with Crippen LogP contribution >= 0.6 is 0 Å². The Balaban J connectivity index is 1.90. The number of amides is 1. The Bertz CT molecular complexity index is 566. The van der Waals surface area contributed by atoms with E-state index in [-0.39, 0.29) is 11.3 Å². The van der Waals surface area contributed by atoms with E-state index in [0.717, 1.165) is 30.6 Å². The van der Waals surface area contributed by atoms with Gasteiger partial charge in [0.25, 0.3) is 5.91 Å².